The molecule has 2 N–H and O–H groups in total. The van der Waals surface area contributed by atoms with E-state index in [0.29, 0.717) is 24.3 Å². The Morgan fingerprint density at radius 1 is 1.38 bits per heavy atom. The van der Waals surface area contributed by atoms with Crippen LogP contribution in [-0.2, 0) is 10.0 Å². The maximum absolute atomic E-state index is 12.4. The molecule has 0 unspecified atom stereocenters. The number of nitrogens with one attached hydrogen (secondary N) is 1. The largest absolute Gasteiger partial charge is 0.389 e. The Morgan fingerprint density at radius 3 is 2.62 bits per heavy atom. The van der Waals surface area contributed by atoms with Crippen LogP contribution in [0.25, 0.3) is 0 Å². The number of rotatable bonds is 4. The maximum Gasteiger partial charge on any atom is 0.240 e. The highest BCUT2D eigenvalue weighted by Gasteiger charge is 2.33. The van der Waals surface area contributed by atoms with Crippen LogP contribution < -0.4 is 4.72 Å². The van der Waals surface area contributed by atoms with Crippen LogP contribution in [0.2, 0.25) is 0 Å². The Morgan fingerprint density at radius 2 is 2.00 bits per heavy atom. The minimum Gasteiger partial charge on any atom is -0.389 e. The lowest BCUT2D eigenvalue weighted by atomic mass is 9.80. The summed E-state index contributed by atoms with van der Waals surface area (Å²) >= 11 is 3.29. The fourth-order valence-corrected chi connectivity index (χ4v) is 4.55. The van der Waals surface area contributed by atoms with Gasteiger partial charge in [0, 0.05) is 11.0 Å². The molecule has 1 aromatic carbocycles. The molecule has 0 radical (unpaired) electrons. The fourth-order valence-electron chi connectivity index (χ4n) is 2.65. The van der Waals surface area contributed by atoms with Crippen molar-refractivity contribution in [2.45, 2.75) is 50.0 Å². The van der Waals surface area contributed by atoms with E-state index in [-0.39, 0.29) is 11.4 Å². The van der Waals surface area contributed by atoms with Crippen LogP contribution in [0.4, 0.5) is 0 Å². The molecule has 0 heterocycles. The summed E-state index contributed by atoms with van der Waals surface area (Å²) in [7, 11) is -3.60. The van der Waals surface area contributed by atoms with Crippen LogP contribution in [0, 0.1) is 12.8 Å². The second-order valence-corrected chi connectivity index (χ2v) is 8.79. The van der Waals surface area contributed by atoms with Crippen LogP contribution in [0.15, 0.2) is 27.6 Å². The molecule has 21 heavy (non-hydrogen) atoms. The molecule has 4 nitrogen and oxygen atoms in total. The predicted molar refractivity (Wildman–Crippen MR) is 86.6 cm³/mol. The zero-order chi connectivity index (χ0) is 15.7. The van der Waals surface area contributed by atoms with E-state index < -0.39 is 15.6 Å². The normalized spacial score (nSPS) is 26.8. The highest BCUT2D eigenvalue weighted by Crippen LogP contribution is 2.31. The van der Waals surface area contributed by atoms with Gasteiger partial charge in [0.05, 0.1) is 10.5 Å². The third-order valence-electron chi connectivity index (χ3n) is 4.24. The second-order valence-electron chi connectivity index (χ2n) is 6.14. The minimum absolute atomic E-state index is 0.0774. The van der Waals surface area contributed by atoms with E-state index in [1.54, 1.807) is 19.1 Å². The van der Waals surface area contributed by atoms with Gasteiger partial charge in [-0.3, -0.25) is 0 Å². The monoisotopic (exact) mass is 375 g/mol. The quantitative estimate of drug-likeness (QED) is 0.849. The van der Waals surface area contributed by atoms with Crippen molar-refractivity contribution in [3.63, 3.8) is 0 Å². The van der Waals surface area contributed by atoms with Gasteiger partial charge in [-0.1, -0.05) is 28.9 Å². The lowest BCUT2D eigenvalue weighted by Gasteiger charge is -2.34. The van der Waals surface area contributed by atoms with E-state index in [2.05, 4.69) is 27.6 Å². The summed E-state index contributed by atoms with van der Waals surface area (Å²) in [5.74, 6) is 0.606. The zero-order valence-corrected chi connectivity index (χ0v) is 14.8. The number of hydrogen-bond donors (Lipinski definition) is 2. The summed E-state index contributed by atoms with van der Waals surface area (Å²) in [6.45, 7) is 4.00. The molecule has 118 valence electrons. The van der Waals surface area contributed by atoms with Gasteiger partial charge in [-0.15, -0.1) is 0 Å². The average Bonchev–Trinajstić information content (AvgIpc) is 2.43. The van der Waals surface area contributed by atoms with Gasteiger partial charge in [-0.05, 0) is 56.2 Å². The van der Waals surface area contributed by atoms with Gasteiger partial charge in [-0.25, -0.2) is 13.1 Å². The molecule has 1 aromatic rings. The first-order valence-corrected chi connectivity index (χ1v) is 9.48. The molecular weight excluding hydrogens is 354 g/mol. The molecule has 0 aliphatic heterocycles. The second kappa shape index (κ2) is 6.36. The molecule has 6 heteroatoms. The van der Waals surface area contributed by atoms with E-state index >= 15 is 0 Å². The smallest absolute Gasteiger partial charge is 0.240 e. The number of benzene rings is 1. The molecule has 0 atom stereocenters. The third-order valence-corrected chi connectivity index (χ3v) is 6.27. The number of halogens is 1. The maximum atomic E-state index is 12.4. The molecule has 2 rings (SSSR count). The Balaban J connectivity index is 2.09. The van der Waals surface area contributed by atoms with Crippen LogP contribution >= 0.6 is 15.9 Å². The van der Waals surface area contributed by atoms with E-state index in [1.165, 1.54) is 0 Å². The van der Waals surface area contributed by atoms with Crippen molar-refractivity contribution in [3.8, 4) is 0 Å². The van der Waals surface area contributed by atoms with Crippen LogP contribution in [0.5, 0.6) is 0 Å². The lowest BCUT2D eigenvalue weighted by Crippen LogP contribution is -2.45. The summed E-state index contributed by atoms with van der Waals surface area (Å²) in [6, 6.07) is 5.16. The predicted octanol–water partition coefficient (Wildman–Crippen LogP) is 2.98. The first-order valence-electron chi connectivity index (χ1n) is 7.20. The molecule has 1 saturated carbocycles. The van der Waals surface area contributed by atoms with Gasteiger partial charge in [0.15, 0.2) is 0 Å². The Bertz CT molecular complexity index is 607. The van der Waals surface area contributed by atoms with Gasteiger partial charge in [0.2, 0.25) is 10.0 Å². The highest BCUT2D eigenvalue weighted by atomic mass is 79.9. The molecule has 0 saturated heterocycles. The van der Waals surface area contributed by atoms with Crippen molar-refractivity contribution in [2.24, 2.45) is 5.92 Å². The summed E-state index contributed by atoms with van der Waals surface area (Å²) in [6.07, 6.45) is 3.17. The van der Waals surface area contributed by atoms with Crippen molar-refractivity contribution < 1.29 is 13.5 Å². The Labute approximate surface area is 135 Å². The summed E-state index contributed by atoms with van der Waals surface area (Å²) in [5.41, 5.74) is -0.227. The molecule has 1 fully saturated rings. The summed E-state index contributed by atoms with van der Waals surface area (Å²) in [5, 5.41) is 10.5. The highest BCUT2D eigenvalue weighted by molar-refractivity contribution is 9.10. The summed E-state index contributed by atoms with van der Waals surface area (Å²) in [4.78, 5) is 0.254. The first-order chi connectivity index (χ1) is 9.72. The Hall–Kier alpha value is -0.430. The molecular formula is C15H22BrNO3S. The van der Waals surface area contributed by atoms with Crippen LogP contribution in [-0.4, -0.2) is 25.7 Å². The molecule has 0 spiro atoms. The molecule has 1 aliphatic rings. The topological polar surface area (TPSA) is 66.4 Å². The van der Waals surface area contributed by atoms with Crippen molar-refractivity contribution in [1.82, 2.24) is 4.72 Å². The van der Waals surface area contributed by atoms with Gasteiger partial charge in [0.1, 0.15) is 0 Å². The zero-order valence-electron chi connectivity index (χ0n) is 12.4. The average molecular weight is 376 g/mol. The lowest BCUT2D eigenvalue weighted by molar-refractivity contribution is -0.00183. The van der Waals surface area contributed by atoms with Crippen molar-refractivity contribution >= 4 is 26.0 Å². The van der Waals surface area contributed by atoms with E-state index in [1.807, 2.05) is 6.07 Å². The standard InChI is InChI=1S/C15H22BrNO3S/c1-11-5-7-15(18,8-6-11)10-17-21(19,20)14-9-13(16)4-3-12(14)2/h3-4,9,11,17-18H,5-8,10H2,1-2H3. The number of hydrogen-bond acceptors (Lipinski definition) is 3. The number of aryl methyl sites for hydroxylation is 1. The third kappa shape index (κ3) is 4.28. The van der Waals surface area contributed by atoms with Gasteiger partial charge >= 0.3 is 0 Å². The van der Waals surface area contributed by atoms with E-state index in [0.717, 1.165) is 17.3 Å². The fraction of sp³-hybridized carbons (Fsp3) is 0.600. The van der Waals surface area contributed by atoms with Gasteiger partial charge in [-0.2, -0.15) is 0 Å². The van der Waals surface area contributed by atoms with E-state index in [9.17, 15) is 13.5 Å². The van der Waals surface area contributed by atoms with Crippen molar-refractivity contribution in [3.05, 3.63) is 28.2 Å². The molecule has 1 aliphatic carbocycles. The molecule has 0 aromatic heterocycles. The summed E-state index contributed by atoms with van der Waals surface area (Å²) < 4.78 is 28.1. The first kappa shape index (κ1) is 16.9. The van der Waals surface area contributed by atoms with Crippen molar-refractivity contribution in [1.29, 1.82) is 0 Å². The van der Waals surface area contributed by atoms with Gasteiger partial charge in [0.25, 0.3) is 0 Å². The van der Waals surface area contributed by atoms with Crippen LogP contribution in [0.3, 0.4) is 0 Å². The van der Waals surface area contributed by atoms with E-state index in [4.69, 9.17) is 0 Å². The van der Waals surface area contributed by atoms with Crippen molar-refractivity contribution in [2.75, 3.05) is 6.54 Å². The number of aliphatic hydroxyl groups is 1. The SMILES string of the molecule is Cc1ccc(Br)cc1S(=O)(=O)NCC1(O)CCC(C)CC1. The molecule has 0 amide bonds. The Kier molecular flexibility index (Phi) is 5.13. The number of sulfonamides is 1. The van der Waals surface area contributed by atoms with Crippen LogP contribution in [0.1, 0.15) is 38.2 Å². The minimum atomic E-state index is -3.60. The molecule has 0 bridgehead atoms. The van der Waals surface area contributed by atoms with Gasteiger partial charge < -0.3 is 5.11 Å².